The van der Waals surface area contributed by atoms with Crippen molar-refractivity contribution < 1.29 is 0 Å². The Bertz CT molecular complexity index is 107. The molecule has 2 nitrogen and oxygen atoms in total. The molecule has 0 aromatic carbocycles. The minimum absolute atomic E-state index is 0.337. The SMILES string of the molecule is CC(C)CC(N)CN(C)CC(C)C. The van der Waals surface area contributed by atoms with Crippen molar-refractivity contribution in [2.45, 2.75) is 40.2 Å². The normalized spacial score (nSPS) is 14.5. The Hall–Kier alpha value is -0.0800. The van der Waals surface area contributed by atoms with Crippen LogP contribution in [-0.4, -0.2) is 31.1 Å². The second-order valence-electron chi connectivity index (χ2n) is 5.00. The molecule has 0 rings (SSSR count). The number of hydrogen-bond donors (Lipinski definition) is 1. The number of likely N-dealkylation sites (N-methyl/N-ethyl adjacent to an activating group) is 1. The van der Waals surface area contributed by atoms with Crippen LogP contribution in [0.3, 0.4) is 0 Å². The van der Waals surface area contributed by atoms with Crippen molar-refractivity contribution in [2.24, 2.45) is 17.6 Å². The fraction of sp³-hybridized carbons (Fsp3) is 1.00. The van der Waals surface area contributed by atoms with E-state index in [1.165, 1.54) is 0 Å². The summed E-state index contributed by atoms with van der Waals surface area (Å²) in [7, 11) is 2.15. The maximum absolute atomic E-state index is 6.01. The van der Waals surface area contributed by atoms with E-state index in [0.29, 0.717) is 12.0 Å². The van der Waals surface area contributed by atoms with Crippen molar-refractivity contribution >= 4 is 0 Å². The van der Waals surface area contributed by atoms with Crippen LogP contribution >= 0.6 is 0 Å². The van der Waals surface area contributed by atoms with Crippen molar-refractivity contribution in [1.82, 2.24) is 4.90 Å². The van der Waals surface area contributed by atoms with E-state index in [-0.39, 0.29) is 0 Å². The molecule has 0 spiro atoms. The molecule has 0 bridgehead atoms. The van der Waals surface area contributed by atoms with Crippen LogP contribution < -0.4 is 5.73 Å². The Morgan fingerprint density at radius 1 is 1.00 bits per heavy atom. The Morgan fingerprint density at radius 2 is 1.54 bits per heavy atom. The summed E-state index contributed by atoms with van der Waals surface area (Å²) in [5, 5.41) is 0. The first kappa shape index (κ1) is 12.9. The molecule has 13 heavy (non-hydrogen) atoms. The molecule has 0 aliphatic carbocycles. The highest BCUT2D eigenvalue weighted by atomic mass is 15.1. The molecular weight excluding hydrogens is 160 g/mol. The van der Waals surface area contributed by atoms with Crippen LogP contribution in [0.1, 0.15) is 34.1 Å². The largest absolute Gasteiger partial charge is 0.327 e. The molecule has 80 valence electrons. The first-order chi connectivity index (χ1) is 5.91. The molecule has 1 unspecified atom stereocenters. The molecule has 0 radical (unpaired) electrons. The van der Waals surface area contributed by atoms with Crippen molar-refractivity contribution in [1.29, 1.82) is 0 Å². The van der Waals surface area contributed by atoms with Gasteiger partial charge >= 0.3 is 0 Å². The van der Waals surface area contributed by atoms with Crippen molar-refractivity contribution in [3.8, 4) is 0 Å². The smallest absolute Gasteiger partial charge is 0.0170 e. The summed E-state index contributed by atoms with van der Waals surface area (Å²) in [6.07, 6.45) is 1.13. The average molecular weight is 186 g/mol. The molecule has 0 heterocycles. The summed E-state index contributed by atoms with van der Waals surface area (Å²) in [6, 6.07) is 0.337. The van der Waals surface area contributed by atoms with Gasteiger partial charge in [-0.25, -0.2) is 0 Å². The van der Waals surface area contributed by atoms with E-state index in [4.69, 9.17) is 5.73 Å². The van der Waals surface area contributed by atoms with E-state index >= 15 is 0 Å². The second kappa shape index (κ2) is 6.39. The van der Waals surface area contributed by atoms with E-state index in [1.54, 1.807) is 0 Å². The van der Waals surface area contributed by atoms with E-state index in [9.17, 15) is 0 Å². The van der Waals surface area contributed by atoms with Gasteiger partial charge in [-0.1, -0.05) is 27.7 Å². The summed E-state index contributed by atoms with van der Waals surface area (Å²) < 4.78 is 0. The van der Waals surface area contributed by atoms with Crippen LogP contribution in [0.5, 0.6) is 0 Å². The van der Waals surface area contributed by atoms with E-state index in [2.05, 4.69) is 39.6 Å². The van der Waals surface area contributed by atoms with Crippen LogP contribution in [-0.2, 0) is 0 Å². The molecule has 0 aliphatic heterocycles. The van der Waals surface area contributed by atoms with Gasteiger partial charge in [0.25, 0.3) is 0 Å². The summed E-state index contributed by atoms with van der Waals surface area (Å²) in [5.74, 6) is 1.44. The Kier molecular flexibility index (Phi) is 6.35. The molecule has 0 saturated carbocycles. The maximum atomic E-state index is 6.01. The lowest BCUT2D eigenvalue weighted by Crippen LogP contribution is -2.37. The minimum atomic E-state index is 0.337. The zero-order valence-electron chi connectivity index (χ0n) is 9.88. The minimum Gasteiger partial charge on any atom is -0.327 e. The molecular formula is C11H26N2. The molecule has 0 fully saturated rings. The van der Waals surface area contributed by atoms with Gasteiger partial charge in [0.1, 0.15) is 0 Å². The Labute approximate surface area is 83.5 Å². The van der Waals surface area contributed by atoms with Gasteiger partial charge in [0.05, 0.1) is 0 Å². The quantitative estimate of drug-likeness (QED) is 0.687. The molecule has 0 aliphatic rings. The molecule has 2 N–H and O–H groups in total. The predicted octanol–water partition coefficient (Wildman–Crippen LogP) is 1.95. The lowest BCUT2D eigenvalue weighted by molar-refractivity contribution is 0.266. The highest BCUT2D eigenvalue weighted by Crippen LogP contribution is 2.04. The van der Waals surface area contributed by atoms with Crippen LogP contribution in [0.25, 0.3) is 0 Å². The third-order valence-corrected chi connectivity index (χ3v) is 2.00. The van der Waals surface area contributed by atoms with Gasteiger partial charge in [0, 0.05) is 19.1 Å². The standard InChI is InChI=1S/C11H26N2/c1-9(2)6-11(12)8-13(5)7-10(3)4/h9-11H,6-8,12H2,1-5H3. The third kappa shape index (κ3) is 8.26. The molecule has 0 aromatic heterocycles. The van der Waals surface area contributed by atoms with Crippen molar-refractivity contribution in [2.75, 3.05) is 20.1 Å². The Morgan fingerprint density at radius 3 is 1.92 bits per heavy atom. The second-order valence-corrected chi connectivity index (χ2v) is 5.00. The summed E-state index contributed by atoms with van der Waals surface area (Å²) in [5.41, 5.74) is 6.01. The predicted molar refractivity (Wildman–Crippen MR) is 59.8 cm³/mol. The zero-order chi connectivity index (χ0) is 10.4. The van der Waals surface area contributed by atoms with Crippen LogP contribution in [0, 0.1) is 11.8 Å². The van der Waals surface area contributed by atoms with Gasteiger partial charge in [-0.2, -0.15) is 0 Å². The fourth-order valence-electron chi connectivity index (χ4n) is 1.78. The molecule has 0 saturated heterocycles. The zero-order valence-corrected chi connectivity index (χ0v) is 9.88. The number of rotatable bonds is 6. The summed E-state index contributed by atoms with van der Waals surface area (Å²) in [6.45, 7) is 11.1. The van der Waals surface area contributed by atoms with Gasteiger partial charge in [-0.05, 0) is 25.3 Å². The van der Waals surface area contributed by atoms with E-state index in [0.717, 1.165) is 25.4 Å². The fourth-order valence-corrected chi connectivity index (χ4v) is 1.78. The molecule has 2 heteroatoms. The van der Waals surface area contributed by atoms with E-state index < -0.39 is 0 Å². The Balaban J connectivity index is 3.58. The number of hydrogen-bond acceptors (Lipinski definition) is 2. The topological polar surface area (TPSA) is 29.3 Å². The van der Waals surface area contributed by atoms with Gasteiger partial charge in [0.2, 0.25) is 0 Å². The van der Waals surface area contributed by atoms with Crippen LogP contribution in [0.4, 0.5) is 0 Å². The molecule has 0 aromatic rings. The van der Waals surface area contributed by atoms with Crippen LogP contribution in [0.15, 0.2) is 0 Å². The monoisotopic (exact) mass is 186 g/mol. The first-order valence-electron chi connectivity index (χ1n) is 5.36. The van der Waals surface area contributed by atoms with Gasteiger partial charge < -0.3 is 10.6 Å². The van der Waals surface area contributed by atoms with E-state index in [1.807, 2.05) is 0 Å². The third-order valence-electron chi connectivity index (χ3n) is 2.00. The van der Waals surface area contributed by atoms with Gasteiger partial charge in [0.15, 0.2) is 0 Å². The maximum Gasteiger partial charge on any atom is 0.0170 e. The summed E-state index contributed by atoms with van der Waals surface area (Å²) in [4.78, 5) is 2.33. The lowest BCUT2D eigenvalue weighted by Gasteiger charge is -2.23. The molecule has 0 amide bonds. The average Bonchev–Trinajstić information content (AvgIpc) is 1.80. The van der Waals surface area contributed by atoms with Crippen molar-refractivity contribution in [3.63, 3.8) is 0 Å². The highest BCUT2D eigenvalue weighted by Gasteiger charge is 2.09. The van der Waals surface area contributed by atoms with Gasteiger partial charge in [-0.3, -0.25) is 0 Å². The molecule has 1 atom stereocenters. The highest BCUT2D eigenvalue weighted by molar-refractivity contribution is 4.68. The number of nitrogens with two attached hydrogens (primary N) is 1. The van der Waals surface area contributed by atoms with Crippen LogP contribution in [0.2, 0.25) is 0 Å². The van der Waals surface area contributed by atoms with Gasteiger partial charge in [-0.15, -0.1) is 0 Å². The first-order valence-corrected chi connectivity index (χ1v) is 5.36. The van der Waals surface area contributed by atoms with Crippen molar-refractivity contribution in [3.05, 3.63) is 0 Å². The number of nitrogens with zero attached hydrogens (tertiary/aromatic N) is 1. The summed E-state index contributed by atoms with van der Waals surface area (Å²) >= 11 is 0. The lowest BCUT2D eigenvalue weighted by atomic mass is 10.0.